The molecule has 0 aliphatic rings. The molecule has 1 rings (SSSR count). The van der Waals surface area contributed by atoms with Gasteiger partial charge < -0.3 is 5.73 Å². The quantitative estimate of drug-likeness (QED) is 0.782. The largest absolute Gasteiger partial charge is 0.393 e. The summed E-state index contributed by atoms with van der Waals surface area (Å²) in [5.41, 5.74) is 5.55. The van der Waals surface area contributed by atoms with Crippen LogP contribution >= 0.6 is 23.6 Å². The van der Waals surface area contributed by atoms with E-state index in [-0.39, 0.29) is 0 Å². The van der Waals surface area contributed by atoms with Gasteiger partial charge in [0, 0.05) is 16.2 Å². The minimum absolute atomic E-state index is 0.558. The van der Waals surface area contributed by atoms with Crippen LogP contribution in [0.25, 0.3) is 0 Å². The molecule has 0 spiro atoms. The summed E-state index contributed by atoms with van der Waals surface area (Å²) in [6.07, 6.45) is 3.14. The zero-order valence-corrected chi connectivity index (χ0v) is 12.0. The van der Waals surface area contributed by atoms with Crippen molar-refractivity contribution in [1.82, 2.24) is 0 Å². The fourth-order valence-corrected chi connectivity index (χ4v) is 3.48. The molecule has 0 aliphatic heterocycles. The van der Waals surface area contributed by atoms with Crippen molar-refractivity contribution in [3.8, 4) is 0 Å². The number of thiophene rings is 1. The molecule has 2 N–H and O–H groups in total. The van der Waals surface area contributed by atoms with Crippen molar-refractivity contribution in [2.45, 2.75) is 40.0 Å². The van der Waals surface area contributed by atoms with E-state index < -0.39 is 0 Å². The zero-order chi connectivity index (χ0) is 12.1. The van der Waals surface area contributed by atoms with Crippen molar-refractivity contribution in [2.75, 3.05) is 0 Å². The molecular weight excluding hydrogens is 234 g/mol. The Balaban J connectivity index is 2.48. The first-order chi connectivity index (χ1) is 7.47. The Hall–Kier alpha value is -0.410. The lowest BCUT2D eigenvalue weighted by molar-refractivity contribution is 0.613. The molecule has 0 saturated heterocycles. The van der Waals surface area contributed by atoms with Gasteiger partial charge in [0.1, 0.15) is 0 Å². The Morgan fingerprint density at radius 2 is 1.81 bits per heavy atom. The second-order valence-corrected chi connectivity index (χ2v) is 6.72. The van der Waals surface area contributed by atoms with Crippen LogP contribution < -0.4 is 5.73 Å². The van der Waals surface area contributed by atoms with Gasteiger partial charge in [-0.25, -0.2) is 0 Å². The molecule has 3 heteroatoms. The molecule has 90 valence electrons. The van der Waals surface area contributed by atoms with E-state index in [2.05, 4.69) is 32.9 Å². The Labute approximate surface area is 108 Å². The maximum absolute atomic E-state index is 5.55. The average Bonchev–Trinajstić information content (AvgIpc) is 2.49. The first-order valence-corrected chi connectivity index (χ1v) is 7.05. The summed E-state index contributed by atoms with van der Waals surface area (Å²) in [6, 6.07) is 4.51. The lowest BCUT2D eigenvalue weighted by atomic mass is 10.0. The summed E-state index contributed by atoms with van der Waals surface area (Å²) >= 11 is 6.86. The van der Waals surface area contributed by atoms with E-state index in [9.17, 15) is 0 Å². The van der Waals surface area contributed by atoms with E-state index in [0.717, 1.165) is 18.8 Å². The van der Waals surface area contributed by atoms with Crippen LogP contribution in [0.15, 0.2) is 12.1 Å². The van der Waals surface area contributed by atoms with Gasteiger partial charge in [0.2, 0.25) is 0 Å². The number of hydrogen-bond donors (Lipinski definition) is 1. The van der Waals surface area contributed by atoms with E-state index in [1.54, 1.807) is 0 Å². The molecule has 0 fully saturated rings. The minimum Gasteiger partial charge on any atom is -0.393 e. The Morgan fingerprint density at radius 1 is 1.25 bits per heavy atom. The minimum atomic E-state index is 0.558. The van der Waals surface area contributed by atoms with Crippen LogP contribution in [-0.4, -0.2) is 4.99 Å². The molecule has 1 atom stereocenters. The molecule has 1 nitrogen and oxygen atoms in total. The number of hydrogen-bond acceptors (Lipinski definition) is 2. The summed E-state index contributed by atoms with van der Waals surface area (Å²) < 4.78 is 0. The first kappa shape index (κ1) is 13.7. The Kier molecular flexibility index (Phi) is 5.42. The van der Waals surface area contributed by atoms with Gasteiger partial charge in [-0.15, -0.1) is 11.3 Å². The summed E-state index contributed by atoms with van der Waals surface area (Å²) in [4.78, 5) is 3.58. The lowest BCUT2D eigenvalue weighted by Crippen LogP contribution is -2.13. The van der Waals surface area contributed by atoms with Gasteiger partial charge in [-0.3, -0.25) is 0 Å². The molecule has 1 unspecified atom stereocenters. The van der Waals surface area contributed by atoms with Crippen LogP contribution in [0.3, 0.4) is 0 Å². The fourth-order valence-electron chi connectivity index (χ4n) is 1.80. The second-order valence-electron chi connectivity index (χ2n) is 4.95. The zero-order valence-electron chi connectivity index (χ0n) is 10.3. The van der Waals surface area contributed by atoms with Crippen molar-refractivity contribution >= 4 is 28.5 Å². The highest BCUT2D eigenvalue weighted by Gasteiger charge is 2.08. The SMILES string of the molecule is CC(C)Cc1ccc(CC(C)CC(N)=S)s1. The van der Waals surface area contributed by atoms with E-state index >= 15 is 0 Å². The Bertz CT molecular complexity index is 341. The third-order valence-corrected chi connectivity index (χ3v) is 3.72. The van der Waals surface area contributed by atoms with Gasteiger partial charge in [-0.1, -0.05) is 33.0 Å². The summed E-state index contributed by atoms with van der Waals surface area (Å²) in [5, 5.41) is 0. The molecule has 0 aromatic carbocycles. The second kappa shape index (κ2) is 6.36. The van der Waals surface area contributed by atoms with Crippen molar-refractivity contribution in [1.29, 1.82) is 0 Å². The molecule has 0 bridgehead atoms. The molecule has 0 saturated carbocycles. The van der Waals surface area contributed by atoms with Gasteiger partial charge in [0.05, 0.1) is 4.99 Å². The van der Waals surface area contributed by atoms with Crippen LogP contribution in [0.5, 0.6) is 0 Å². The molecule has 16 heavy (non-hydrogen) atoms. The van der Waals surface area contributed by atoms with Crippen LogP contribution in [0.4, 0.5) is 0 Å². The predicted molar refractivity (Wildman–Crippen MR) is 77.1 cm³/mol. The van der Waals surface area contributed by atoms with Crippen molar-refractivity contribution in [3.63, 3.8) is 0 Å². The molecule has 0 amide bonds. The fraction of sp³-hybridized carbons (Fsp3) is 0.615. The van der Waals surface area contributed by atoms with Crippen LogP contribution in [0, 0.1) is 11.8 Å². The van der Waals surface area contributed by atoms with E-state index in [1.807, 2.05) is 11.3 Å². The summed E-state index contributed by atoms with van der Waals surface area (Å²) in [6.45, 7) is 6.73. The standard InChI is InChI=1S/C13H21NS2/c1-9(2)6-11-4-5-12(16-11)7-10(3)8-13(14)15/h4-5,9-10H,6-8H2,1-3H3,(H2,14,15). The van der Waals surface area contributed by atoms with Gasteiger partial charge in [-0.05, 0) is 36.8 Å². The molecule has 1 heterocycles. The van der Waals surface area contributed by atoms with E-state index in [0.29, 0.717) is 10.9 Å². The van der Waals surface area contributed by atoms with Crippen molar-refractivity contribution < 1.29 is 0 Å². The third kappa shape index (κ3) is 5.08. The van der Waals surface area contributed by atoms with Crippen LogP contribution in [0.1, 0.15) is 36.9 Å². The highest BCUT2D eigenvalue weighted by atomic mass is 32.1. The maximum atomic E-state index is 5.55. The molecule has 0 aliphatic carbocycles. The molecular formula is C13H21NS2. The van der Waals surface area contributed by atoms with Crippen LogP contribution in [-0.2, 0) is 12.8 Å². The van der Waals surface area contributed by atoms with Crippen molar-refractivity contribution in [2.24, 2.45) is 17.6 Å². The van der Waals surface area contributed by atoms with Crippen LogP contribution in [0.2, 0.25) is 0 Å². The lowest BCUT2D eigenvalue weighted by Gasteiger charge is -2.08. The van der Waals surface area contributed by atoms with Crippen molar-refractivity contribution in [3.05, 3.63) is 21.9 Å². The van der Waals surface area contributed by atoms with E-state index in [1.165, 1.54) is 16.2 Å². The number of rotatable bonds is 6. The third-order valence-electron chi connectivity index (χ3n) is 2.43. The van der Waals surface area contributed by atoms with Gasteiger partial charge in [0.15, 0.2) is 0 Å². The topological polar surface area (TPSA) is 26.0 Å². The van der Waals surface area contributed by atoms with Gasteiger partial charge >= 0.3 is 0 Å². The molecule has 1 aromatic heterocycles. The summed E-state index contributed by atoms with van der Waals surface area (Å²) in [7, 11) is 0. The summed E-state index contributed by atoms with van der Waals surface area (Å²) in [5.74, 6) is 1.29. The highest BCUT2D eigenvalue weighted by Crippen LogP contribution is 2.23. The van der Waals surface area contributed by atoms with E-state index in [4.69, 9.17) is 18.0 Å². The average molecular weight is 255 g/mol. The smallest absolute Gasteiger partial charge is 0.0730 e. The monoisotopic (exact) mass is 255 g/mol. The predicted octanol–water partition coefficient (Wildman–Crippen LogP) is 3.80. The number of thiocarbonyl (C=S) groups is 1. The molecule has 0 radical (unpaired) electrons. The van der Waals surface area contributed by atoms with Gasteiger partial charge in [-0.2, -0.15) is 0 Å². The normalized spacial score (nSPS) is 13.0. The Morgan fingerprint density at radius 3 is 2.31 bits per heavy atom. The van der Waals surface area contributed by atoms with Gasteiger partial charge in [0.25, 0.3) is 0 Å². The molecule has 1 aromatic rings. The number of nitrogens with two attached hydrogens (primary N) is 1. The maximum Gasteiger partial charge on any atom is 0.0730 e. The first-order valence-electron chi connectivity index (χ1n) is 5.83. The highest BCUT2D eigenvalue weighted by molar-refractivity contribution is 7.80.